The Bertz CT molecular complexity index is 1040. The molecule has 0 spiro atoms. The van der Waals surface area contributed by atoms with Gasteiger partial charge in [-0.2, -0.15) is 0 Å². The van der Waals surface area contributed by atoms with Gasteiger partial charge in [0, 0.05) is 29.2 Å². The third-order valence-corrected chi connectivity index (χ3v) is 5.03. The molecule has 152 valence electrons. The highest BCUT2D eigenvalue weighted by molar-refractivity contribution is 5.95. The lowest BCUT2D eigenvalue weighted by molar-refractivity contribution is -0.133. The van der Waals surface area contributed by atoms with Crippen molar-refractivity contribution in [1.82, 2.24) is 4.90 Å². The summed E-state index contributed by atoms with van der Waals surface area (Å²) in [5.74, 6) is 0.287. The van der Waals surface area contributed by atoms with Gasteiger partial charge in [-0.1, -0.05) is 6.07 Å². The molecule has 0 aliphatic heterocycles. The third kappa shape index (κ3) is 4.77. The van der Waals surface area contributed by atoms with Gasteiger partial charge in [0.05, 0.1) is 26.3 Å². The maximum Gasteiger partial charge on any atom is 0.243 e. The standard InChI is InChI=1S/C23H26N2O4/c1-5-25(13-22(26)24-18-7-6-8-19(12-18)28-4)23(27)11-17-14-29-21-10-16(3)15(2)9-20(17)21/h6-10,12,14H,5,11,13H2,1-4H3,(H,24,26). The topological polar surface area (TPSA) is 71.8 Å². The van der Waals surface area contributed by atoms with E-state index in [9.17, 15) is 9.59 Å². The first-order valence-corrected chi connectivity index (χ1v) is 9.60. The molecule has 0 saturated heterocycles. The summed E-state index contributed by atoms with van der Waals surface area (Å²) in [5, 5.41) is 3.75. The van der Waals surface area contributed by atoms with Crippen LogP contribution in [0.5, 0.6) is 5.75 Å². The number of aryl methyl sites for hydroxylation is 2. The summed E-state index contributed by atoms with van der Waals surface area (Å²) in [7, 11) is 1.57. The lowest BCUT2D eigenvalue weighted by Gasteiger charge is -2.20. The summed E-state index contributed by atoms with van der Waals surface area (Å²) < 4.78 is 10.8. The number of methoxy groups -OCH3 is 1. The SMILES string of the molecule is CCN(CC(=O)Nc1cccc(OC)c1)C(=O)Cc1coc2cc(C)c(C)cc12. The number of anilines is 1. The van der Waals surface area contributed by atoms with Crippen LogP contribution in [0.4, 0.5) is 5.69 Å². The fourth-order valence-corrected chi connectivity index (χ4v) is 3.20. The zero-order valence-electron chi connectivity index (χ0n) is 17.2. The average Bonchev–Trinajstić information content (AvgIpc) is 3.07. The van der Waals surface area contributed by atoms with Crippen LogP contribution >= 0.6 is 0 Å². The molecular formula is C23H26N2O4. The van der Waals surface area contributed by atoms with E-state index in [1.807, 2.05) is 32.9 Å². The Morgan fingerprint density at radius 2 is 1.90 bits per heavy atom. The fraction of sp³-hybridized carbons (Fsp3) is 0.304. The molecule has 1 N–H and O–H groups in total. The minimum atomic E-state index is -0.253. The first-order valence-electron chi connectivity index (χ1n) is 9.60. The minimum absolute atomic E-state index is 0.0134. The quantitative estimate of drug-likeness (QED) is 0.655. The van der Waals surface area contributed by atoms with Crippen LogP contribution in [0.1, 0.15) is 23.6 Å². The van der Waals surface area contributed by atoms with Crippen molar-refractivity contribution in [3.8, 4) is 5.75 Å². The molecule has 1 aromatic heterocycles. The molecule has 2 amide bonds. The van der Waals surface area contributed by atoms with Crippen molar-refractivity contribution >= 4 is 28.5 Å². The number of benzene rings is 2. The summed E-state index contributed by atoms with van der Waals surface area (Å²) >= 11 is 0. The second-order valence-electron chi connectivity index (χ2n) is 7.06. The van der Waals surface area contributed by atoms with Gasteiger partial charge < -0.3 is 19.4 Å². The largest absolute Gasteiger partial charge is 0.497 e. The van der Waals surface area contributed by atoms with E-state index in [2.05, 4.69) is 5.32 Å². The molecule has 6 nitrogen and oxygen atoms in total. The van der Waals surface area contributed by atoms with Crippen molar-refractivity contribution in [3.63, 3.8) is 0 Å². The summed E-state index contributed by atoms with van der Waals surface area (Å²) in [6.45, 7) is 6.35. The number of hydrogen-bond donors (Lipinski definition) is 1. The minimum Gasteiger partial charge on any atom is -0.497 e. The van der Waals surface area contributed by atoms with E-state index in [0.29, 0.717) is 18.0 Å². The third-order valence-electron chi connectivity index (χ3n) is 5.03. The van der Waals surface area contributed by atoms with Crippen LogP contribution in [-0.2, 0) is 16.0 Å². The number of nitrogens with one attached hydrogen (secondary N) is 1. The molecule has 2 aromatic carbocycles. The molecule has 6 heteroatoms. The Balaban J connectivity index is 1.67. The molecule has 0 bridgehead atoms. The van der Waals surface area contributed by atoms with Gasteiger partial charge in [-0.05, 0) is 56.2 Å². The van der Waals surface area contributed by atoms with Crippen LogP contribution in [0.15, 0.2) is 47.1 Å². The highest BCUT2D eigenvalue weighted by atomic mass is 16.5. The monoisotopic (exact) mass is 394 g/mol. The molecule has 3 rings (SSSR count). The number of carbonyl (C=O) groups excluding carboxylic acids is 2. The normalized spacial score (nSPS) is 10.8. The van der Waals surface area contributed by atoms with Gasteiger partial charge in [-0.3, -0.25) is 9.59 Å². The second-order valence-corrected chi connectivity index (χ2v) is 7.06. The molecular weight excluding hydrogens is 368 g/mol. The molecule has 29 heavy (non-hydrogen) atoms. The summed E-state index contributed by atoms with van der Waals surface area (Å²) in [6, 6.07) is 11.1. The summed E-state index contributed by atoms with van der Waals surface area (Å²) in [4.78, 5) is 26.8. The lowest BCUT2D eigenvalue weighted by atomic mass is 10.0. The molecule has 0 aliphatic rings. The van der Waals surface area contributed by atoms with Crippen molar-refractivity contribution < 1.29 is 18.7 Å². The number of carbonyl (C=O) groups is 2. The van der Waals surface area contributed by atoms with Crippen molar-refractivity contribution in [1.29, 1.82) is 0 Å². The number of furan rings is 1. The predicted octanol–water partition coefficient (Wildman–Crippen LogP) is 4.09. The summed E-state index contributed by atoms with van der Waals surface area (Å²) in [6.07, 6.45) is 1.82. The number of amides is 2. The van der Waals surface area contributed by atoms with Crippen LogP contribution < -0.4 is 10.1 Å². The maximum atomic E-state index is 12.8. The van der Waals surface area contributed by atoms with E-state index in [0.717, 1.165) is 27.7 Å². The average molecular weight is 394 g/mol. The summed E-state index contributed by atoms with van der Waals surface area (Å²) in [5.41, 5.74) is 4.53. The zero-order chi connectivity index (χ0) is 21.0. The Labute approximate surface area is 170 Å². The first-order chi connectivity index (χ1) is 13.9. The molecule has 0 aliphatic carbocycles. The second kappa shape index (κ2) is 8.82. The number of ether oxygens (including phenoxy) is 1. The molecule has 0 atom stereocenters. The predicted molar refractivity (Wildman–Crippen MR) is 113 cm³/mol. The van der Waals surface area contributed by atoms with Gasteiger partial charge in [0.1, 0.15) is 11.3 Å². The number of hydrogen-bond acceptors (Lipinski definition) is 4. The fourth-order valence-electron chi connectivity index (χ4n) is 3.20. The van der Waals surface area contributed by atoms with Gasteiger partial charge in [-0.15, -0.1) is 0 Å². The Morgan fingerprint density at radius 3 is 2.62 bits per heavy atom. The van der Waals surface area contributed by atoms with E-state index >= 15 is 0 Å². The highest BCUT2D eigenvalue weighted by Gasteiger charge is 2.19. The number of fused-ring (bicyclic) bond motifs is 1. The molecule has 3 aromatic rings. The highest BCUT2D eigenvalue weighted by Crippen LogP contribution is 2.25. The first kappa shape index (κ1) is 20.5. The Morgan fingerprint density at radius 1 is 1.14 bits per heavy atom. The van der Waals surface area contributed by atoms with Crippen LogP contribution in [0.2, 0.25) is 0 Å². The van der Waals surface area contributed by atoms with E-state index < -0.39 is 0 Å². The van der Waals surface area contributed by atoms with Crippen LogP contribution in [-0.4, -0.2) is 36.9 Å². The van der Waals surface area contributed by atoms with Crippen molar-refractivity contribution in [2.45, 2.75) is 27.2 Å². The lowest BCUT2D eigenvalue weighted by Crippen LogP contribution is -2.38. The molecule has 1 heterocycles. The van der Waals surface area contributed by atoms with Crippen LogP contribution in [0.3, 0.4) is 0 Å². The number of rotatable bonds is 7. The Kier molecular flexibility index (Phi) is 6.22. The van der Waals surface area contributed by atoms with Gasteiger partial charge >= 0.3 is 0 Å². The van der Waals surface area contributed by atoms with Crippen molar-refractivity contribution in [2.75, 3.05) is 25.5 Å². The number of nitrogens with zero attached hydrogens (tertiary/aromatic N) is 1. The van der Waals surface area contributed by atoms with Gasteiger partial charge in [0.15, 0.2) is 0 Å². The Hall–Kier alpha value is -3.28. The molecule has 0 unspecified atom stereocenters. The van der Waals surface area contributed by atoms with Crippen molar-refractivity contribution in [3.05, 3.63) is 59.4 Å². The number of likely N-dealkylation sites (N-methyl/N-ethyl adjacent to an activating group) is 1. The smallest absolute Gasteiger partial charge is 0.243 e. The van der Waals surface area contributed by atoms with Crippen LogP contribution in [0.25, 0.3) is 11.0 Å². The maximum absolute atomic E-state index is 12.8. The van der Waals surface area contributed by atoms with Crippen molar-refractivity contribution in [2.24, 2.45) is 0 Å². The van der Waals surface area contributed by atoms with E-state index in [1.165, 1.54) is 4.90 Å². The molecule has 0 saturated carbocycles. The van der Waals surface area contributed by atoms with E-state index in [1.54, 1.807) is 37.6 Å². The van der Waals surface area contributed by atoms with Gasteiger partial charge in [0.25, 0.3) is 0 Å². The van der Waals surface area contributed by atoms with Crippen LogP contribution in [0, 0.1) is 13.8 Å². The zero-order valence-corrected chi connectivity index (χ0v) is 17.2. The van der Waals surface area contributed by atoms with E-state index in [-0.39, 0.29) is 24.8 Å². The molecule has 0 radical (unpaired) electrons. The van der Waals surface area contributed by atoms with Gasteiger partial charge in [0.2, 0.25) is 11.8 Å². The molecule has 0 fully saturated rings. The van der Waals surface area contributed by atoms with E-state index in [4.69, 9.17) is 9.15 Å². The van der Waals surface area contributed by atoms with Gasteiger partial charge in [-0.25, -0.2) is 0 Å².